The van der Waals surface area contributed by atoms with Crippen molar-refractivity contribution in [2.45, 2.75) is 12.9 Å². The van der Waals surface area contributed by atoms with E-state index in [0.717, 1.165) is 27.9 Å². The Hall–Kier alpha value is -3.97. The van der Waals surface area contributed by atoms with Gasteiger partial charge in [-0.3, -0.25) is 4.79 Å². The highest BCUT2D eigenvalue weighted by atomic mass is 19.4. The summed E-state index contributed by atoms with van der Waals surface area (Å²) in [6.07, 6.45) is -2.59. The molecule has 2 heterocycles. The Balaban J connectivity index is 1.63. The number of nitrogens with zero attached hydrogens (tertiary/aromatic N) is 6. The maximum atomic E-state index is 12.2. The highest BCUT2D eigenvalue weighted by Gasteiger charge is 2.31. The number of alkyl halides is 3. The van der Waals surface area contributed by atoms with Crippen LogP contribution in [0.1, 0.15) is 26.5 Å². The highest BCUT2D eigenvalue weighted by molar-refractivity contribution is 5.91. The SMILES string of the molecule is O=C(O)c1cn(-n2cc(C(=O)NCc3cccc(OC(F)(F)F)c3)nn2)nn1. The van der Waals surface area contributed by atoms with Gasteiger partial charge in [-0.15, -0.1) is 33.0 Å². The van der Waals surface area contributed by atoms with Crippen LogP contribution in [0.25, 0.3) is 0 Å². The Bertz CT molecular complexity index is 1010. The second kappa shape index (κ2) is 7.34. The normalized spacial score (nSPS) is 11.2. The Morgan fingerprint density at radius 1 is 1.11 bits per heavy atom. The van der Waals surface area contributed by atoms with Gasteiger partial charge in [-0.25, -0.2) is 4.79 Å². The lowest BCUT2D eigenvalue weighted by molar-refractivity contribution is -0.274. The van der Waals surface area contributed by atoms with Gasteiger partial charge in [0, 0.05) is 6.54 Å². The number of rotatable bonds is 6. The lowest BCUT2D eigenvalue weighted by atomic mass is 10.2. The fourth-order valence-electron chi connectivity index (χ4n) is 2.04. The number of benzene rings is 1. The molecule has 11 nitrogen and oxygen atoms in total. The number of carboxylic acids is 1. The average Bonchev–Trinajstić information content (AvgIpc) is 3.27. The Kier molecular flexibility index (Phi) is 4.93. The summed E-state index contributed by atoms with van der Waals surface area (Å²) in [5.41, 5.74) is -0.0950. The van der Waals surface area contributed by atoms with Crippen molar-refractivity contribution < 1.29 is 32.6 Å². The summed E-state index contributed by atoms with van der Waals surface area (Å²) in [6.45, 7) is -0.0900. The molecule has 0 unspecified atom stereocenters. The number of hydrogen-bond acceptors (Lipinski definition) is 7. The molecule has 28 heavy (non-hydrogen) atoms. The maximum absolute atomic E-state index is 12.2. The molecule has 0 fully saturated rings. The third kappa shape index (κ3) is 4.60. The van der Waals surface area contributed by atoms with Crippen LogP contribution in [0.2, 0.25) is 0 Å². The molecule has 0 bridgehead atoms. The van der Waals surface area contributed by atoms with Gasteiger partial charge in [0.05, 0.1) is 12.4 Å². The van der Waals surface area contributed by atoms with Crippen molar-refractivity contribution in [2.75, 3.05) is 0 Å². The molecule has 146 valence electrons. The van der Waals surface area contributed by atoms with Crippen LogP contribution in [0.3, 0.4) is 0 Å². The van der Waals surface area contributed by atoms with Crippen LogP contribution in [-0.2, 0) is 6.54 Å². The van der Waals surface area contributed by atoms with Crippen LogP contribution in [0.15, 0.2) is 36.7 Å². The molecule has 0 radical (unpaired) electrons. The number of ether oxygens (including phenoxy) is 1. The van der Waals surface area contributed by atoms with Crippen molar-refractivity contribution in [3.8, 4) is 5.75 Å². The fraction of sp³-hybridized carbons (Fsp3) is 0.143. The number of halogens is 3. The van der Waals surface area contributed by atoms with Crippen LogP contribution in [0, 0.1) is 0 Å². The summed E-state index contributed by atoms with van der Waals surface area (Å²) in [4.78, 5) is 24.8. The molecular formula is C14H10F3N7O4. The molecule has 0 saturated heterocycles. The van der Waals surface area contributed by atoms with Gasteiger partial charge in [-0.1, -0.05) is 12.1 Å². The Labute approximate surface area is 153 Å². The molecule has 0 atom stereocenters. The van der Waals surface area contributed by atoms with Crippen LogP contribution in [0.4, 0.5) is 13.2 Å². The van der Waals surface area contributed by atoms with E-state index in [9.17, 15) is 22.8 Å². The average molecular weight is 397 g/mol. The van der Waals surface area contributed by atoms with Crippen LogP contribution >= 0.6 is 0 Å². The first-order chi connectivity index (χ1) is 13.2. The minimum absolute atomic E-state index is 0.0900. The van der Waals surface area contributed by atoms with E-state index in [2.05, 4.69) is 30.7 Å². The summed E-state index contributed by atoms with van der Waals surface area (Å²) < 4.78 is 40.5. The smallest absolute Gasteiger partial charge is 0.476 e. The number of carbonyl (C=O) groups excluding carboxylic acids is 1. The number of aromatic carboxylic acids is 1. The van der Waals surface area contributed by atoms with E-state index in [4.69, 9.17) is 5.11 Å². The summed E-state index contributed by atoms with van der Waals surface area (Å²) >= 11 is 0. The van der Waals surface area contributed by atoms with Gasteiger partial charge >= 0.3 is 12.3 Å². The predicted molar refractivity (Wildman–Crippen MR) is 82.1 cm³/mol. The monoisotopic (exact) mass is 397 g/mol. The zero-order chi connectivity index (χ0) is 20.3. The molecule has 3 rings (SSSR count). The molecule has 3 aromatic rings. The molecule has 0 aliphatic heterocycles. The number of amides is 1. The summed E-state index contributed by atoms with van der Waals surface area (Å²) in [6, 6.07) is 5.12. The summed E-state index contributed by atoms with van der Waals surface area (Å²) in [5.74, 6) is -2.36. The zero-order valence-corrected chi connectivity index (χ0v) is 13.7. The third-order valence-electron chi connectivity index (χ3n) is 3.21. The van der Waals surface area contributed by atoms with E-state index < -0.39 is 24.0 Å². The first kappa shape index (κ1) is 18.8. The molecule has 2 aromatic heterocycles. The highest BCUT2D eigenvalue weighted by Crippen LogP contribution is 2.23. The van der Waals surface area contributed by atoms with Gasteiger partial charge in [-0.2, -0.15) is 0 Å². The molecule has 0 aliphatic carbocycles. The van der Waals surface area contributed by atoms with Gasteiger partial charge in [0.25, 0.3) is 5.91 Å². The van der Waals surface area contributed by atoms with Crippen molar-refractivity contribution in [3.63, 3.8) is 0 Å². The van der Waals surface area contributed by atoms with Crippen molar-refractivity contribution in [3.05, 3.63) is 53.6 Å². The molecule has 0 spiro atoms. The van der Waals surface area contributed by atoms with E-state index in [-0.39, 0.29) is 17.9 Å². The van der Waals surface area contributed by atoms with Gasteiger partial charge in [0.2, 0.25) is 0 Å². The number of carboxylic acid groups (broad SMARTS) is 1. The zero-order valence-electron chi connectivity index (χ0n) is 13.7. The number of hydrogen-bond donors (Lipinski definition) is 2. The predicted octanol–water partition coefficient (Wildman–Crippen LogP) is 0.708. The number of nitrogens with one attached hydrogen (secondary N) is 1. The minimum Gasteiger partial charge on any atom is -0.476 e. The summed E-state index contributed by atoms with van der Waals surface area (Å²) in [5, 5.41) is 25.4. The lowest BCUT2D eigenvalue weighted by Gasteiger charge is -2.10. The van der Waals surface area contributed by atoms with E-state index in [0.29, 0.717) is 5.56 Å². The topological polar surface area (TPSA) is 137 Å². The van der Waals surface area contributed by atoms with Gasteiger partial charge in [0.15, 0.2) is 11.4 Å². The van der Waals surface area contributed by atoms with Crippen LogP contribution in [0.5, 0.6) is 5.75 Å². The van der Waals surface area contributed by atoms with E-state index in [1.165, 1.54) is 18.3 Å². The quantitative estimate of drug-likeness (QED) is 0.620. The molecule has 1 amide bonds. The van der Waals surface area contributed by atoms with Gasteiger partial charge < -0.3 is 15.2 Å². The Morgan fingerprint density at radius 2 is 1.75 bits per heavy atom. The summed E-state index contributed by atoms with van der Waals surface area (Å²) in [7, 11) is 0. The van der Waals surface area contributed by atoms with E-state index in [1.54, 1.807) is 0 Å². The second-order valence-corrected chi connectivity index (χ2v) is 5.23. The van der Waals surface area contributed by atoms with Crippen LogP contribution < -0.4 is 10.1 Å². The van der Waals surface area contributed by atoms with E-state index in [1.807, 2.05) is 0 Å². The molecule has 0 aliphatic rings. The van der Waals surface area contributed by atoms with Gasteiger partial charge in [-0.05, 0) is 28.1 Å². The first-order valence-electron chi connectivity index (χ1n) is 7.43. The van der Waals surface area contributed by atoms with E-state index >= 15 is 0 Å². The minimum atomic E-state index is -4.82. The largest absolute Gasteiger partial charge is 0.573 e. The molecular weight excluding hydrogens is 387 g/mol. The van der Waals surface area contributed by atoms with Gasteiger partial charge in [0.1, 0.15) is 5.75 Å². The maximum Gasteiger partial charge on any atom is 0.573 e. The third-order valence-corrected chi connectivity index (χ3v) is 3.21. The Morgan fingerprint density at radius 3 is 2.36 bits per heavy atom. The molecule has 0 saturated carbocycles. The lowest BCUT2D eigenvalue weighted by Crippen LogP contribution is -2.23. The molecule has 2 N–H and O–H groups in total. The number of carbonyl (C=O) groups is 2. The van der Waals surface area contributed by atoms with Crippen LogP contribution in [-0.4, -0.2) is 53.6 Å². The standard InChI is InChI=1S/C14H10F3N7O4/c15-14(16,17)28-9-3-1-2-8(4-9)5-18-12(25)10-6-23(21-19-10)24-7-11(13(26)27)20-22-24/h1-4,6-7H,5H2,(H,18,25)(H,26,27). The molecule has 14 heteroatoms. The second-order valence-electron chi connectivity index (χ2n) is 5.23. The van der Waals surface area contributed by atoms with Crippen molar-refractivity contribution in [2.24, 2.45) is 0 Å². The fourth-order valence-corrected chi connectivity index (χ4v) is 2.04. The van der Waals surface area contributed by atoms with Crippen molar-refractivity contribution in [1.82, 2.24) is 35.5 Å². The molecule has 1 aromatic carbocycles. The first-order valence-corrected chi connectivity index (χ1v) is 7.43. The number of aromatic nitrogens is 6. The van der Waals surface area contributed by atoms with Crippen molar-refractivity contribution >= 4 is 11.9 Å². The van der Waals surface area contributed by atoms with Crippen molar-refractivity contribution in [1.29, 1.82) is 0 Å².